The molecule has 1 rings (SSSR count). The Morgan fingerprint density at radius 3 is 2.36 bits per heavy atom. The monoisotopic (exact) mass is 213 g/mol. The van der Waals surface area contributed by atoms with Gasteiger partial charge < -0.3 is 5.11 Å². The van der Waals surface area contributed by atoms with E-state index in [0.29, 0.717) is 11.8 Å². The summed E-state index contributed by atoms with van der Waals surface area (Å²) >= 11 is 1.70. The second kappa shape index (κ2) is 4.89. The fourth-order valence-electron chi connectivity index (χ4n) is 1.38. The molecule has 1 aromatic heterocycles. The van der Waals surface area contributed by atoms with E-state index in [1.165, 1.54) is 5.01 Å². The highest BCUT2D eigenvalue weighted by Crippen LogP contribution is 2.27. The quantitative estimate of drug-likeness (QED) is 0.834. The molecule has 0 aliphatic rings. The van der Waals surface area contributed by atoms with Gasteiger partial charge in [0.05, 0.1) is 17.3 Å². The van der Waals surface area contributed by atoms with Crippen molar-refractivity contribution >= 4 is 11.3 Å². The van der Waals surface area contributed by atoms with Crippen LogP contribution in [0.5, 0.6) is 0 Å². The first-order chi connectivity index (χ1) is 6.56. The topological polar surface area (TPSA) is 33.1 Å². The second-order valence-corrected chi connectivity index (χ2v) is 5.19. The van der Waals surface area contributed by atoms with Crippen molar-refractivity contribution in [3.05, 3.63) is 16.1 Å². The molecule has 1 atom stereocenters. The van der Waals surface area contributed by atoms with Crippen LogP contribution in [0.3, 0.4) is 0 Å². The zero-order valence-electron chi connectivity index (χ0n) is 9.32. The molecule has 1 heterocycles. The minimum absolute atomic E-state index is 0.193. The first kappa shape index (κ1) is 11.7. The van der Waals surface area contributed by atoms with Crippen LogP contribution in [-0.2, 0) is 0 Å². The number of aliphatic hydroxyl groups is 1. The highest BCUT2D eigenvalue weighted by molar-refractivity contribution is 7.09. The third kappa shape index (κ3) is 2.55. The lowest BCUT2D eigenvalue weighted by atomic mass is 9.94. The summed E-state index contributed by atoms with van der Waals surface area (Å²) in [5.41, 5.74) is 1.05. The summed E-state index contributed by atoms with van der Waals surface area (Å²) in [4.78, 5) is 4.56. The fraction of sp³-hybridized carbons (Fsp3) is 0.727. The molecule has 14 heavy (non-hydrogen) atoms. The molecule has 0 amide bonds. The molecule has 2 nitrogen and oxygen atoms in total. The summed E-state index contributed by atoms with van der Waals surface area (Å²) in [6.07, 6.45) is 0. The minimum Gasteiger partial charge on any atom is -0.396 e. The summed E-state index contributed by atoms with van der Waals surface area (Å²) in [6, 6.07) is 0. The van der Waals surface area contributed by atoms with E-state index in [1.807, 2.05) is 0 Å². The molecular weight excluding hydrogens is 194 g/mol. The van der Waals surface area contributed by atoms with Crippen molar-refractivity contribution < 1.29 is 5.11 Å². The van der Waals surface area contributed by atoms with Crippen molar-refractivity contribution in [2.24, 2.45) is 5.92 Å². The number of hydrogen-bond acceptors (Lipinski definition) is 3. The Balaban J connectivity index is 2.84. The molecule has 0 aliphatic heterocycles. The highest BCUT2D eigenvalue weighted by Gasteiger charge is 2.18. The first-order valence-corrected chi connectivity index (χ1v) is 6.00. The van der Waals surface area contributed by atoms with E-state index < -0.39 is 0 Å². The Kier molecular flexibility index (Phi) is 4.08. The summed E-state index contributed by atoms with van der Waals surface area (Å²) in [6.45, 7) is 8.72. The molecule has 0 saturated heterocycles. The van der Waals surface area contributed by atoms with Crippen LogP contribution in [0.1, 0.15) is 50.2 Å². The van der Waals surface area contributed by atoms with Crippen LogP contribution in [0.15, 0.2) is 5.38 Å². The Morgan fingerprint density at radius 1 is 1.36 bits per heavy atom. The average Bonchev–Trinajstić information content (AvgIpc) is 2.53. The predicted molar refractivity (Wildman–Crippen MR) is 60.9 cm³/mol. The SMILES string of the molecule is CC(C)c1nc(C(CO)C(C)C)cs1. The van der Waals surface area contributed by atoms with Crippen LogP contribution in [0.2, 0.25) is 0 Å². The molecule has 1 unspecified atom stereocenters. The zero-order chi connectivity index (χ0) is 10.7. The van der Waals surface area contributed by atoms with E-state index >= 15 is 0 Å². The Hall–Kier alpha value is -0.410. The molecule has 0 radical (unpaired) electrons. The normalized spacial score (nSPS) is 13.9. The highest BCUT2D eigenvalue weighted by atomic mass is 32.1. The van der Waals surface area contributed by atoms with Crippen molar-refractivity contribution in [3.63, 3.8) is 0 Å². The molecule has 1 N–H and O–H groups in total. The van der Waals surface area contributed by atoms with Gasteiger partial charge in [0.25, 0.3) is 0 Å². The number of hydrogen-bond donors (Lipinski definition) is 1. The summed E-state index contributed by atoms with van der Waals surface area (Å²) < 4.78 is 0. The number of nitrogens with zero attached hydrogens (tertiary/aromatic N) is 1. The van der Waals surface area contributed by atoms with Crippen molar-refractivity contribution in [2.45, 2.75) is 39.5 Å². The lowest BCUT2D eigenvalue weighted by molar-refractivity contribution is 0.235. The summed E-state index contributed by atoms with van der Waals surface area (Å²) in [7, 11) is 0. The van der Waals surface area contributed by atoms with Crippen molar-refractivity contribution in [3.8, 4) is 0 Å². The van der Waals surface area contributed by atoms with Crippen molar-refractivity contribution in [1.82, 2.24) is 4.98 Å². The maximum absolute atomic E-state index is 9.26. The van der Waals surface area contributed by atoms with Gasteiger partial charge in [0.1, 0.15) is 0 Å². The van der Waals surface area contributed by atoms with Gasteiger partial charge >= 0.3 is 0 Å². The second-order valence-electron chi connectivity index (χ2n) is 4.30. The number of rotatable bonds is 4. The van der Waals surface area contributed by atoms with Crippen LogP contribution in [0.4, 0.5) is 0 Å². The zero-order valence-corrected chi connectivity index (χ0v) is 10.1. The van der Waals surface area contributed by atoms with Gasteiger partial charge in [-0.05, 0) is 5.92 Å². The van der Waals surface area contributed by atoms with Crippen LogP contribution in [0.25, 0.3) is 0 Å². The van der Waals surface area contributed by atoms with Gasteiger partial charge in [-0.2, -0.15) is 0 Å². The van der Waals surface area contributed by atoms with Crippen molar-refractivity contribution in [1.29, 1.82) is 0 Å². The molecule has 3 heteroatoms. The fourth-order valence-corrected chi connectivity index (χ4v) is 2.28. The molecule has 0 bridgehead atoms. The Morgan fingerprint density at radius 2 is 2.00 bits per heavy atom. The van der Waals surface area contributed by atoms with Crippen LogP contribution in [-0.4, -0.2) is 16.7 Å². The predicted octanol–water partition coefficient (Wildman–Crippen LogP) is 3.00. The molecule has 1 aromatic rings. The average molecular weight is 213 g/mol. The van der Waals surface area contributed by atoms with E-state index in [-0.39, 0.29) is 12.5 Å². The maximum Gasteiger partial charge on any atom is 0.0953 e. The third-order valence-electron chi connectivity index (χ3n) is 2.41. The third-order valence-corrected chi connectivity index (χ3v) is 3.58. The summed E-state index contributed by atoms with van der Waals surface area (Å²) in [5.74, 6) is 1.13. The van der Waals surface area contributed by atoms with Gasteiger partial charge in [-0.15, -0.1) is 11.3 Å². The largest absolute Gasteiger partial charge is 0.396 e. The van der Waals surface area contributed by atoms with Crippen LogP contribution in [0, 0.1) is 5.92 Å². The molecule has 0 saturated carbocycles. The van der Waals surface area contributed by atoms with Gasteiger partial charge in [0.15, 0.2) is 0 Å². The maximum atomic E-state index is 9.26. The summed E-state index contributed by atoms with van der Waals surface area (Å²) in [5, 5.41) is 12.5. The van der Waals surface area contributed by atoms with Gasteiger partial charge in [-0.1, -0.05) is 27.7 Å². The standard InChI is InChI=1S/C11H19NOS/c1-7(2)9(5-13)10-6-14-11(12-10)8(3)4/h6-9,13H,5H2,1-4H3. The molecular formula is C11H19NOS. The van der Waals surface area contributed by atoms with E-state index in [1.54, 1.807) is 11.3 Å². The van der Waals surface area contributed by atoms with Gasteiger partial charge in [0.2, 0.25) is 0 Å². The number of thiazole rings is 1. The van der Waals surface area contributed by atoms with Gasteiger partial charge in [-0.3, -0.25) is 0 Å². The van der Waals surface area contributed by atoms with E-state index in [9.17, 15) is 5.11 Å². The Bertz CT molecular complexity index is 281. The molecule has 0 fully saturated rings. The number of aliphatic hydroxyl groups excluding tert-OH is 1. The molecule has 80 valence electrons. The molecule has 0 spiro atoms. The van der Waals surface area contributed by atoms with E-state index in [4.69, 9.17) is 0 Å². The van der Waals surface area contributed by atoms with Crippen LogP contribution < -0.4 is 0 Å². The van der Waals surface area contributed by atoms with E-state index in [2.05, 4.69) is 38.1 Å². The molecule has 0 aliphatic carbocycles. The van der Waals surface area contributed by atoms with Crippen molar-refractivity contribution in [2.75, 3.05) is 6.61 Å². The smallest absolute Gasteiger partial charge is 0.0953 e. The molecule has 0 aromatic carbocycles. The lowest BCUT2D eigenvalue weighted by Gasteiger charge is -2.15. The number of aromatic nitrogens is 1. The van der Waals surface area contributed by atoms with Gasteiger partial charge in [0, 0.05) is 17.2 Å². The van der Waals surface area contributed by atoms with Crippen LogP contribution >= 0.6 is 11.3 Å². The van der Waals surface area contributed by atoms with Gasteiger partial charge in [-0.25, -0.2) is 4.98 Å². The van der Waals surface area contributed by atoms with E-state index in [0.717, 1.165) is 5.69 Å². The minimum atomic E-state index is 0.193. The Labute approximate surface area is 90.0 Å². The lowest BCUT2D eigenvalue weighted by Crippen LogP contribution is -2.11. The first-order valence-electron chi connectivity index (χ1n) is 5.12.